The number of aromatic nitrogens is 8. The Hall–Kier alpha value is -13.9. The van der Waals surface area contributed by atoms with E-state index in [1.54, 1.807) is 22.7 Å². The lowest BCUT2D eigenvalue weighted by atomic mass is 9.96. The highest BCUT2D eigenvalue weighted by Gasteiger charge is 2.30. The van der Waals surface area contributed by atoms with E-state index in [4.69, 9.17) is 19.9 Å². The van der Waals surface area contributed by atoms with E-state index in [1.807, 2.05) is 0 Å². The van der Waals surface area contributed by atoms with Gasteiger partial charge in [-0.3, -0.25) is 9.13 Å². The third-order valence-corrected chi connectivity index (χ3v) is 25.2. The Morgan fingerprint density at radius 1 is 0.194 bits per heavy atom. The topological polar surface area (TPSA) is 70.2 Å². The first-order valence-electron chi connectivity index (χ1n) is 36.7. The standard InChI is InChI=1S/C98H54N8S2/c1-4-21-55(22-5-1)57-39-41-59(42-40-57)92-89-69-33-14-19-38-83(69)107-95(89)101-98(100-92)106-80-48-45-63(51-74(80)86-82(106)54-72-66-30-11-16-35-76(66)104-78-37-18-13-32-68(78)88(86)94(72)104)60-27-20-28-61(49-60)64-43-46-70-84(52-64)108-96-90(70)91(58-25-8-3-9-26-58)99-97(102-96)105-79-47-44-62(56-23-6-2-7-24-56)50-73(79)85-81(105)53-71-65-29-10-15-34-75(65)103-77-36-17-12-31-67(77)87(85)93(71)103/h1-54H. The number of rotatable bonds is 8. The van der Waals surface area contributed by atoms with Gasteiger partial charge in [-0.2, -0.15) is 0 Å². The number of thiophene rings is 2. The summed E-state index contributed by atoms with van der Waals surface area (Å²) in [5.74, 6) is 1.28. The van der Waals surface area contributed by atoms with Crippen LogP contribution >= 0.6 is 22.7 Å². The van der Waals surface area contributed by atoms with Gasteiger partial charge in [-0.15, -0.1) is 22.7 Å². The Morgan fingerprint density at radius 3 is 1.09 bits per heavy atom. The molecule has 0 saturated carbocycles. The van der Waals surface area contributed by atoms with E-state index in [0.29, 0.717) is 11.9 Å². The zero-order chi connectivity index (χ0) is 70.1. The van der Waals surface area contributed by atoms with Crippen LogP contribution in [0, 0.1) is 0 Å². The summed E-state index contributed by atoms with van der Waals surface area (Å²) < 4.78 is 12.0. The Balaban J connectivity index is 0.677. The quantitative estimate of drug-likeness (QED) is 0.152. The van der Waals surface area contributed by atoms with E-state index in [-0.39, 0.29) is 0 Å². The monoisotopic (exact) mass is 1410 g/mol. The van der Waals surface area contributed by atoms with Crippen molar-refractivity contribution in [3.8, 4) is 78.9 Å². The molecule has 498 valence electrons. The number of nitrogens with zero attached hydrogens (tertiary/aromatic N) is 8. The van der Waals surface area contributed by atoms with Crippen LogP contribution in [0.2, 0.25) is 0 Å². The summed E-state index contributed by atoms with van der Waals surface area (Å²) in [5, 5.41) is 18.8. The molecule has 25 rings (SSSR count). The summed E-state index contributed by atoms with van der Waals surface area (Å²) in [6.07, 6.45) is 0. The third-order valence-electron chi connectivity index (χ3n) is 23.1. The van der Waals surface area contributed by atoms with Crippen LogP contribution in [0.15, 0.2) is 328 Å². The molecule has 25 aromatic rings. The Morgan fingerprint density at radius 2 is 0.556 bits per heavy atom. The fourth-order valence-corrected chi connectivity index (χ4v) is 20.6. The summed E-state index contributed by atoms with van der Waals surface area (Å²) in [5.41, 5.74) is 24.5. The molecule has 108 heavy (non-hydrogen) atoms. The van der Waals surface area contributed by atoms with Crippen molar-refractivity contribution in [2.75, 3.05) is 0 Å². The van der Waals surface area contributed by atoms with Crippen molar-refractivity contribution in [1.82, 2.24) is 37.9 Å². The number of para-hydroxylation sites is 4. The van der Waals surface area contributed by atoms with Crippen molar-refractivity contribution in [2.24, 2.45) is 0 Å². The van der Waals surface area contributed by atoms with Gasteiger partial charge in [0.1, 0.15) is 9.66 Å². The zero-order valence-corrected chi connectivity index (χ0v) is 59.2. The van der Waals surface area contributed by atoms with E-state index < -0.39 is 0 Å². The molecule has 0 saturated heterocycles. The van der Waals surface area contributed by atoms with E-state index in [0.717, 1.165) is 125 Å². The van der Waals surface area contributed by atoms with Crippen LogP contribution in [0.25, 0.3) is 239 Å². The minimum Gasteiger partial charge on any atom is -0.308 e. The summed E-state index contributed by atoms with van der Waals surface area (Å²) in [6, 6.07) is 120. The summed E-state index contributed by atoms with van der Waals surface area (Å²) >= 11 is 3.47. The molecule has 0 unspecified atom stereocenters. The average Bonchev–Trinajstić information content (AvgIpc) is 1.52. The lowest BCUT2D eigenvalue weighted by Gasteiger charge is -2.11. The summed E-state index contributed by atoms with van der Waals surface area (Å²) in [4.78, 5) is 24.9. The molecule has 0 aliphatic carbocycles. The van der Waals surface area contributed by atoms with Crippen molar-refractivity contribution in [3.63, 3.8) is 0 Å². The Bertz CT molecular complexity index is 8160. The average molecular weight is 1410 g/mol. The Kier molecular flexibility index (Phi) is 11.8. The fraction of sp³-hybridized carbons (Fsp3) is 0. The van der Waals surface area contributed by atoms with E-state index >= 15 is 0 Å². The first-order chi connectivity index (χ1) is 53.6. The van der Waals surface area contributed by atoms with Gasteiger partial charge in [0.2, 0.25) is 11.9 Å². The van der Waals surface area contributed by atoms with Crippen molar-refractivity contribution < 1.29 is 0 Å². The number of hydrogen-bond acceptors (Lipinski definition) is 6. The molecule has 0 aliphatic heterocycles. The molecular formula is C98H54N8S2. The van der Waals surface area contributed by atoms with Crippen LogP contribution in [-0.4, -0.2) is 37.9 Å². The maximum atomic E-state index is 5.79. The smallest absolute Gasteiger partial charge is 0.236 e. The minimum atomic E-state index is 0.637. The highest BCUT2D eigenvalue weighted by atomic mass is 32.1. The number of fused-ring (bicyclic) bond motifs is 26. The third kappa shape index (κ3) is 8.05. The van der Waals surface area contributed by atoms with Crippen molar-refractivity contribution in [1.29, 1.82) is 0 Å². The molecule has 0 N–H and O–H groups in total. The van der Waals surface area contributed by atoms with Crippen LogP contribution < -0.4 is 0 Å². The van der Waals surface area contributed by atoms with Gasteiger partial charge in [0.25, 0.3) is 0 Å². The van der Waals surface area contributed by atoms with Crippen LogP contribution in [0.5, 0.6) is 0 Å². The van der Waals surface area contributed by atoms with Crippen molar-refractivity contribution in [3.05, 3.63) is 328 Å². The van der Waals surface area contributed by atoms with Crippen LogP contribution in [0.4, 0.5) is 0 Å². The van der Waals surface area contributed by atoms with Gasteiger partial charge in [-0.05, 0) is 123 Å². The van der Waals surface area contributed by atoms with Crippen molar-refractivity contribution in [2.45, 2.75) is 0 Å². The molecular weight excluding hydrogens is 1350 g/mol. The molecule has 0 bridgehead atoms. The van der Waals surface area contributed by atoms with Gasteiger partial charge in [-0.1, -0.05) is 249 Å². The van der Waals surface area contributed by atoms with E-state index in [9.17, 15) is 0 Å². The number of benzene rings is 15. The number of hydrogen-bond donors (Lipinski definition) is 0. The highest BCUT2D eigenvalue weighted by Crippen LogP contribution is 2.52. The second kappa shape index (κ2) is 21.9. The predicted molar refractivity (Wildman–Crippen MR) is 454 cm³/mol. The molecule has 8 nitrogen and oxygen atoms in total. The first kappa shape index (κ1) is 58.5. The van der Waals surface area contributed by atoms with E-state index in [1.165, 1.54) is 103 Å². The largest absolute Gasteiger partial charge is 0.308 e. The molecule has 10 heterocycles. The van der Waals surface area contributed by atoms with Gasteiger partial charge in [0.15, 0.2) is 0 Å². The molecule has 0 amide bonds. The molecule has 0 atom stereocenters. The SMILES string of the molecule is c1ccc(-c2ccc(-c3nc(-n4c5ccc(-c6cccc(-c7ccc8c(c7)sc7nc(-n9c%10ccc(-c%11ccccc%11)cc%10c%10c%11c%12ccccc%12n%12c%13ccccc%13c(cc%109)c%11%12)nc(-c9ccccc9)c78)c6)cc5c5c6c7ccccc7n7c8ccccc8c(cc54)c67)nc4sc5ccccc5c34)cc2)cc1. The minimum absolute atomic E-state index is 0.637. The molecule has 10 aromatic heterocycles. The lowest BCUT2D eigenvalue weighted by molar-refractivity contribution is 1.02. The van der Waals surface area contributed by atoms with Gasteiger partial charge >= 0.3 is 0 Å². The molecule has 0 fully saturated rings. The molecule has 15 aromatic carbocycles. The summed E-state index contributed by atoms with van der Waals surface area (Å²) in [7, 11) is 0. The normalized spacial score (nSPS) is 12.4. The van der Waals surface area contributed by atoms with Gasteiger partial charge < -0.3 is 8.80 Å². The molecule has 0 aliphatic rings. The van der Waals surface area contributed by atoms with Gasteiger partial charge in [-0.25, -0.2) is 19.9 Å². The molecule has 0 radical (unpaired) electrons. The molecule has 10 heteroatoms. The maximum Gasteiger partial charge on any atom is 0.236 e. The maximum absolute atomic E-state index is 5.79. The first-order valence-corrected chi connectivity index (χ1v) is 38.3. The highest BCUT2D eigenvalue weighted by molar-refractivity contribution is 7.26. The summed E-state index contributed by atoms with van der Waals surface area (Å²) in [6.45, 7) is 0. The molecule has 0 spiro atoms. The second-order valence-corrected chi connectivity index (χ2v) is 30.8. The van der Waals surface area contributed by atoms with Crippen molar-refractivity contribution >= 4 is 183 Å². The lowest BCUT2D eigenvalue weighted by Crippen LogP contribution is -2.02. The second-order valence-electron chi connectivity index (χ2n) is 28.7. The van der Waals surface area contributed by atoms with Gasteiger partial charge in [0.05, 0.1) is 66.6 Å². The van der Waals surface area contributed by atoms with Crippen LogP contribution in [-0.2, 0) is 0 Å². The predicted octanol–water partition coefficient (Wildman–Crippen LogP) is 26.5. The zero-order valence-electron chi connectivity index (χ0n) is 57.6. The Labute approximate surface area is 623 Å². The van der Waals surface area contributed by atoms with Gasteiger partial charge in [0, 0.05) is 107 Å². The van der Waals surface area contributed by atoms with Crippen LogP contribution in [0.1, 0.15) is 0 Å². The van der Waals surface area contributed by atoms with Crippen LogP contribution in [0.3, 0.4) is 0 Å². The van der Waals surface area contributed by atoms with E-state index in [2.05, 4.69) is 346 Å². The fourth-order valence-electron chi connectivity index (χ4n) is 18.4.